The first kappa shape index (κ1) is 18.9. The molecule has 3 nitrogen and oxygen atoms in total. The second-order valence-corrected chi connectivity index (χ2v) is 7.43. The van der Waals surface area contributed by atoms with E-state index in [9.17, 15) is 5.11 Å². The second-order valence-electron chi connectivity index (χ2n) is 7.43. The Morgan fingerprint density at radius 1 is 1.24 bits per heavy atom. The number of hydrogen-bond acceptors (Lipinski definition) is 3. The fraction of sp³-hybridized carbons (Fsp3) is 1.00. The summed E-state index contributed by atoms with van der Waals surface area (Å²) in [5.41, 5.74) is 0.496. The predicted molar refractivity (Wildman–Crippen MR) is 91.7 cm³/mol. The molecule has 0 spiro atoms. The van der Waals surface area contributed by atoms with Gasteiger partial charge in [-0.1, -0.05) is 34.6 Å². The summed E-state index contributed by atoms with van der Waals surface area (Å²) in [5.74, 6) is 0. The highest BCUT2D eigenvalue weighted by Gasteiger charge is 2.35. The molecule has 0 bridgehead atoms. The van der Waals surface area contributed by atoms with Gasteiger partial charge in [-0.2, -0.15) is 0 Å². The molecule has 1 atom stereocenters. The Morgan fingerprint density at radius 2 is 1.90 bits per heavy atom. The van der Waals surface area contributed by atoms with Crippen LogP contribution >= 0.6 is 0 Å². The number of hydrogen-bond donors (Lipinski definition) is 2. The molecule has 1 heterocycles. The van der Waals surface area contributed by atoms with E-state index in [0.717, 1.165) is 12.8 Å². The fourth-order valence-corrected chi connectivity index (χ4v) is 3.89. The van der Waals surface area contributed by atoms with Crippen LogP contribution in [0.5, 0.6) is 0 Å². The van der Waals surface area contributed by atoms with Gasteiger partial charge in [-0.05, 0) is 57.0 Å². The van der Waals surface area contributed by atoms with E-state index in [1.807, 2.05) is 0 Å². The van der Waals surface area contributed by atoms with Crippen molar-refractivity contribution >= 4 is 0 Å². The van der Waals surface area contributed by atoms with Crippen molar-refractivity contribution in [2.45, 2.75) is 84.7 Å². The Bertz CT molecular complexity index is 283. The summed E-state index contributed by atoms with van der Waals surface area (Å²) in [7, 11) is 0. The average molecular weight is 299 g/mol. The highest BCUT2D eigenvalue weighted by atomic mass is 16.3. The summed E-state index contributed by atoms with van der Waals surface area (Å²) in [6.07, 6.45) is 7.23. The maximum absolute atomic E-state index is 9.80. The minimum absolute atomic E-state index is 0.0828. The summed E-state index contributed by atoms with van der Waals surface area (Å²) >= 11 is 0. The molecule has 1 saturated heterocycles. The van der Waals surface area contributed by atoms with Crippen molar-refractivity contribution in [2.24, 2.45) is 5.41 Å². The molecule has 0 aromatic rings. The zero-order valence-corrected chi connectivity index (χ0v) is 15.0. The summed E-state index contributed by atoms with van der Waals surface area (Å²) in [6.45, 7) is 15.2. The first-order valence-corrected chi connectivity index (χ1v) is 9.05. The summed E-state index contributed by atoms with van der Waals surface area (Å²) in [4.78, 5) is 2.64. The fourth-order valence-electron chi connectivity index (χ4n) is 3.89. The van der Waals surface area contributed by atoms with Gasteiger partial charge >= 0.3 is 0 Å². The first-order valence-electron chi connectivity index (χ1n) is 9.05. The van der Waals surface area contributed by atoms with Gasteiger partial charge in [-0.15, -0.1) is 0 Å². The maximum atomic E-state index is 9.80. The third kappa shape index (κ3) is 5.22. The smallest absolute Gasteiger partial charge is 0.0613 e. The summed E-state index contributed by atoms with van der Waals surface area (Å²) in [5, 5.41) is 13.4. The minimum atomic E-state index is -0.0828. The highest BCUT2D eigenvalue weighted by Crippen LogP contribution is 2.37. The van der Waals surface area contributed by atoms with Crippen LogP contribution in [0.3, 0.4) is 0 Å². The lowest BCUT2D eigenvalue weighted by molar-refractivity contribution is 0.130. The molecule has 0 saturated carbocycles. The topological polar surface area (TPSA) is 35.5 Å². The molecule has 3 heteroatoms. The maximum Gasteiger partial charge on any atom is 0.0613 e. The monoisotopic (exact) mass is 298 g/mol. The normalized spacial score (nSPS) is 21.9. The lowest BCUT2D eigenvalue weighted by atomic mass is 9.82. The van der Waals surface area contributed by atoms with Gasteiger partial charge in [0.1, 0.15) is 0 Å². The van der Waals surface area contributed by atoms with E-state index in [1.165, 1.54) is 45.3 Å². The van der Waals surface area contributed by atoms with E-state index < -0.39 is 0 Å². The van der Waals surface area contributed by atoms with Crippen LogP contribution in [0.1, 0.15) is 73.1 Å². The molecule has 126 valence electrons. The van der Waals surface area contributed by atoms with Gasteiger partial charge in [0.15, 0.2) is 0 Å². The number of aliphatic hydroxyl groups excluding tert-OH is 1. The minimum Gasteiger partial charge on any atom is -0.394 e. The van der Waals surface area contributed by atoms with Crippen LogP contribution in [0.2, 0.25) is 0 Å². The van der Waals surface area contributed by atoms with E-state index in [2.05, 4.69) is 44.8 Å². The molecule has 1 unspecified atom stereocenters. The van der Waals surface area contributed by atoms with Crippen LogP contribution < -0.4 is 5.32 Å². The van der Waals surface area contributed by atoms with E-state index in [4.69, 9.17) is 0 Å². The molecule has 2 N–H and O–H groups in total. The third-order valence-electron chi connectivity index (χ3n) is 5.72. The molecule has 0 aromatic carbocycles. The molecular weight excluding hydrogens is 260 g/mol. The third-order valence-corrected chi connectivity index (χ3v) is 5.72. The zero-order valence-electron chi connectivity index (χ0n) is 15.0. The number of likely N-dealkylation sites (tertiary alicyclic amines) is 1. The predicted octanol–water partition coefficient (Wildman–Crippen LogP) is 3.42. The van der Waals surface area contributed by atoms with Crippen LogP contribution in [0.25, 0.3) is 0 Å². The van der Waals surface area contributed by atoms with E-state index in [0.29, 0.717) is 11.5 Å². The Hall–Kier alpha value is -0.120. The molecule has 0 amide bonds. The highest BCUT2D eigenvalue weighted by molar-refractivity contribution is 4.90. The lowest BCUT2D eigenvalue weighted by Gasteiger charge is -2.35. The number of aliphatic hydroxyl groups is 1. The van der Waals surface area contributed by atoms with Gasteiger partial charge in [0.2, 0.25) is 0 Å². The van der Waals surface area contributed by atoms with Crippen molar-refractivity contribution in [3.63, 3.8) is 0 Å². The van der Waals surface area contributed by atoms with Crippen LogP contribution in [0.15, 0.2) is 0 Å². The van der Waals surface area contributed by atoms with Crippen LogP contribution in [-0.4, -0.2) is 47.8 Å². The molecular formula is C18H38N2O. The molecule has 0 aliphatic carbocycles. The van der Waals surface area contributed by atoms with Gasteiger partial charge in [0, 0.05) is 18.1 Å². The number of nitrogens with one attached hydrogen (secondary N) is 1. The van der Waals surface area contributed by atoms with E-state index in [1.54, 1.807) is 0 Å². The number of nitrogens with zero attached hydrogens (tertiary/aromatic N) is 1. The molecule has 1 aliphatic heterocycles. The lowest BCUT2D eigenvalue weighted by Crippen LogP contribution is -2.51. The molecule has 0 radical (unpaired) electrons. The first-order chi connectivity index (χ1) is 9.94. The van der Waals surface area contributed by atoms with E-state index >= 15 is 0 Å². The van der Waals surface area contributed by atoms with Gasteiger partial charge in [0.25, 0.3) is 0 Å². The van der Waals surface area contributed by atoms with Crippen molar-refractivity contribution in [3.05, 3.63) is 0 Å². The largest absolute Gasteiger partial charge is 0.394 e. The SMILES string of the molecule is CCC1(CC)CCN(CCCC(CC)(CO)NC(C)C)C1. The summed E-state index contributed by atoms with van der Waals surface area (Å²) in [6, 6.07) is 0.428. The van der Waals surface area contributed by atoms with E-state index in [-0.39, 0.29) is 12.1 Å². The van der Waals surface area contributed by atoms with Crippen LogP contribution in [0.4, 0.5) is 0 Å². The molecule has 1 aliphatic rings. The Balaban J connectivity index is 2.41. The average Bonchev–Trinajstić information content (AvgIpc) is 2.90. The molecule has 0 aromatic heterocycles. The Kier molecular flexibility index (Phi) is 7.66. The zero-order chi connectivity index (χ0) is 15.9. The van der Waals surface area contributed by atoms with Crippen molar-refractivity contribution in [1.82, 2.24) is 10.2 Å². The van der Waals surface area contributed by atoms with Crippen molar-refractivity contribution in [3.8, 4) is 0 Å². The van der Waals surface area contributed by atoms with Gasteiger partial charge in [-0.25, -0.2) is 0 Å². The van der Waals surface area contributed by atoms with Gasteiger partial charge < -0.3 is 15.3 Å². The van der Waals surface area contributed by atoms with Gasteiger partial charge in [-0.3, -0.25) is 0 Å². The van der Waals surface area contributed by atoms with Crippen molar-refractivity contribution in [1.29, 1.82) is 0 Å². The van der Waals surface area contributed by atoms with Crippen LogP contribution in [-0.2, 0) is 0 Å². The standard InChI is InChI=1S/C18H38N2O/c1-6-17(7-2)11-13-20(14-17)12-9-10-18(8-3,15-21)19-16(4)5/h16,19,21H,6-15H2,1-5H3. The van der Waals surface area contributed by atoms with Gasteiger partial charge in [0.05, 0.1) is 6.61 Å². The van der Waals surface area contributed by atoms with Crippen molar-refractivity contribution < 1.29 is 5.11 Å². The quantitative estimate of drug-likeness (QED) is 0.649. The van der Waals surface area contributed by atoms with Crippen LogP contribution in [0, 0.1) is 5.41 Å². The summed E-state index contributed by atoms with van der Waals surface area (Å²) < 4.78 is 0. The van der Waals surface area contributed by atoms with Crippen molar-refractivity contribution in [2.75, 3.05) is 26.2 Å². The molecule has 21 heavy (non-hydrogen) atoms. The second kappa shape index (κ2) is 8.50. The Labute approximate surface area is 132 Å². The molecule has 1 fully saturated rings. The number of rotatable bonds is 10. The molecule has 1 rings (SSSR count). The Morgan fingerprint density at radius 3 is 2.33 bits per heavy atom.